The Bertz CT molecular complexity index is 1190. The van der Waals surface area contributed by atoms with Gasteiger partial charge in [0.15, 0.2) is 5.82 Å². The van der Waals surface area contributed by atoms with Crippen LogP contribution in [-0.4, -0.2) is 32.4 Å². The van der Waals surface area contributed by atoms with Crippen LogP contribution in [0.3, 0.4) is 0 Å². The summed E-state index contributed by atoms with van der Waals surface area (Å²) in [6.07, 6.45) is 3.54. The quantitative estimate of drug-likeness (QED) is 0.613. The Kier molecular flexibility index (Phi) is 5.18. The van der Waals surface area contributed by atoms with Crippen molar-refractivity contribution in [2.45, 2.75) is 58.5 Å². The molecule has 3 heterocycles. The number of aryl methyl sites for hydroxylation is 2. The minimum Gasteiger partial charge on any atom is -0.353 e. The van der Waals surface area contributed by atoms with Gasteiger partial charge in [0.05, 0.1) is 12.1 Å². The fourth-order valence-electron chi connectivity index (χ4n) is 4.15. The van der Waals surface area contributed by atoms with E-state index in [-0.39, 0.29) is 12.3 Å². The van der Waals surface area contributed by atoms with Crippen molar-refractivity contribution in [1.82, 2.24) is 20.1 Å². The van der Waals surface area contributed by atoms with Crippen molar-refractivity contribution in [3.05, 3.63) is 62.5 Å². The summed E-state index contributed by atoms with van der Waals surface area (Å²) < 4.78 is 2.08. The van der Waals surface area contributed by atoms with Gasteiger partial charge in [0.25, 0.3) is 0 Å². The maximum absolute atomic E-state index is 12.8. The molecule has 0 unspecified atom stereocenters. The summed E-state index contributed by atoms with van der Waals surface area (Å²) in [6, 6.07) is 7.62. The van der Waals surface area contributed by atoms with Crippen LogP contribution in [0.15, 0.2) is 29.3 Å². The van der Waals surface area contributed by atoms with Crippen LogP contribution in [0.25, 0.3) is 5.00 Å². The van der Waals surface area contributed by atoms with Crippen molar-refractivity contribution in [2.75, 3.05) is 0 Å². The number of amides is 1. The molecule has 1 fully saturated rings. The highest BCUT2D eigenvalue weighted by Gasteiger charge is 2.33. The Morgan fingerprint density at radius 2 is 1.94 bits per heavy atom. The zero-order chi connectivity index (χ0) is 21.7. The molecule has 1 saturated carbocycles. The number of rotatable bonds is 4. The van der Waals surface area contributed by atoms with Gasteiger partial charge in [-0.3, -0.25) is 14.4 Å². The number of fused-ring (bicyclic) bond motifs is 3. The second kappa shape index (κ2) is 7.88. The molecule has 0 radical (unpaired) electrons. The molecule has 0 bridgehead atoms. The summed E-state index contributed by atoms with van der Waals surface area (Å²) in [5.74, 6) is 1.53. The van der Waals surface area contributed by atoms with Crippen molar-refractivity contribution in [1.29, 1.82) is 0 Å². The Morgan fingerprint density at radius 1 is 1.19 bits per heavy atom. The van der Waals surface area contributed by atoms with E-state index in [1.54, 1.807) is 11.3 Å². The normalized spacial score (nSPS) is 17.9. The fraction of sp³-hybridized carbons (Fsp3) is 0.391. The minimum absolute atomic E-state index is 0.0132. The summed E-state index contributed by atoms with van der Waals surface area (Å²) in [5, 5.41) is 13.7. The number of benzene rings is 1. The Balaban J connectivity index is 1.65. The summed E-state index contributed by atoms with van der Waals surface area (Å²) in [7, 11) is 0. The first kappa shape index (κ1) is 20.4. The Hall–Kier alpha value is -2.51. The second-order valence-corrected chi connectivity index (χ2v) is 9.94. The third-order valence-electron chi connectivity index (χ3n) is 6.21. The molecular formula is C23H24ClN5OS. The summed E-state index contributed by atoms with van der Waals surface area (Å²) in [6.45, 7) is 6.19. The van der Waals surface area contributed by atoms with Crippen molar-refractivity contribution in [3.8, 4) is 5.00 Å². The summed E-state index contributed by atoms with van der Waals surface area (Å²) in [4.78, 5) is 19.2. The lowest BCUT2D eigenvalue weighted by Crippen LogP contribution is -2.40. The van der Waals surface area contributed by atoms with Crippen LogP contribution in [-0.2, 0) is 4.79 Å². The molecule has 1 N–H and O–H groups in total. The van der Waals surface area contributed by atoms with Gasteiger partial charge in [-0.1, -0.05) is 23.7 Å². The van der Waals surface area contributed by atoms with E-state index in [1.807, 2.05) is 31.2 Å². The largest absolute Gasteiger partial charge is 0.353 e. The van der Waals surface area contributed by atoms with Crippen molar-refractivity contribution >= 4 is 34.6 Å². The molecule has 1 aliphatic carbocycles. The monoisotopic (exact) mass is 453 g/mol. The lowest BCUT2D eigenvalue weighted by Gasteiger charge is -2.26. The second-order valence-electron chi connectivity index (χ2n) is 8.30. The maximum Gasteiger partial charge on any atom is 0.222 e. The third kappa shape index (κ3) is 3.59. The number of aliphatic imine (C=N–C) groups is 1. The molecule has 1 atom stereocenters. The predicted octanol–water partition coefficient (Wildman–Crippen LogP) is 4.86. The van der Waals surface area contributed by atoms with Gasteiger partial charge in [0, 0.05) is 27.1 Å². The van der Waals surface area contributed by atoms with Crippen LogP contribution in [0.2, 0.25) is 5.02 Å². The Morgan fingerprint density at radius 3 is 2.61 bits per heavy atom. The molecule has 5 rings (SSSR count). The van der Waals surface area contributed by atoms with E-state index in [0.29, 0.717) is 16.9 Å². The molecule has 31 heavy (non-hydrogen) atoms. The highest BCUT2D eigenvalue weighted by atomic mass is 35.5. The van der Waals surface area contributed by atoms with E-state index in [1.165, 1.54) is 16.9 Å². The van der Waals surface area contributed by atoms with Crippen molar-refractivity contribution in [2.24, 2.45) is 4.99 Å². The van der Waals surface area contributed by atoms with E-state index in [2.05, 4.69) is 33.9 Å². The van der Waals surface area contributed by atoms with Crippen LogP contribution in [0, 0.1) is 20.8 Å². The number of thiophene rings is 1. The smallest absolute Gasteiger partial charge is 0.222 e. The van der Waals surface area contributed by atoms with Crippen molar-refractivity contribution < 1.29 is 4.79 Å². The first-order chi connectivity index (χ1) is 14.9. The van der Waals surface area contributed by atoms with Gasteiger partial charge < -0.3 is 5.32 Å². The molecular weight excluding hydrogens is 430 g/mol. The van der Waals surface area contributed by atoms with Gasteiger partial charge >= 0.3 is 0 Å². The lowest BCUT2D eigenvalue weighted by molar-refractivity contribution is -0.122. The third-order valence-corrected chi connectivity index (χ3v) is 7.65. The molecule has 1 aromatic carbocycles. The van der Waals surface area contributed by atoms with Crippen molar-refractivity contribution in [3.63, 3.8) is 0 Å². The topological polar surface area (TPSA) is 72.2 Å². The number of hydrogen-bond acceptors (Lipinski definition) is 5. The molecule has 8 heteroatoms. The fourth-order valence-corrected chi connectivity index (χ4v) is 5.49. The first-order valence-corrected chi connectivity index (χ1v) is 11.8. The number of halogens is 1. The van der Waals surface area contributed by atoms with E-state index in [0.717, 1.165) is 40.5 Å². The lowest BCUT2D eigenvalue weighted by atomic mass is 9.93. The highest BCUT2D eigenvalue weighted by Crippen LogP contribution is 2.39. The van der Waals surface area contributed by atoms with E-state index in [4.69, 9.17) is 16.6 Å². The number of hydrogen-bond donors (Lipinski definition) is 1. The average molecular weight is 454 g/mol. The maximum atomic E-state index is 12.8. The first-order valence-electron chi connectivity index (χ1n) is 10.6. The predicted molar refractivity (Wildman–Crippen MR) is 124 cm³/mol. The van der Waals surface area contributed by atoms with Gasteiger partial charge in [0.1, 0.15) is 16.9 Å². The van der Waals surface area contributed by atoms with E-state index in [9.17, 15) is 4.79 Å². The van der Waals surface area contributed by atoms with Crippen LogP contribution < -0.4 is 5.32 Å². The Labute approximate surface area is 190 Å². The van der Waals surface area contributed by atoms with Crippen LogP contribution in [0.5, 0.6) is 0 Å². The average Bonchev–Trinajstić information content (AvgIpc) is 3.18. The van der Waals surface area contributed by atoms with Gasteiger partial charge in [-0.05, 0) is 57.7 Å². The molecule has 2 aliphatic rings. The zero-order valence-corrected chi connectivity index (χ0v) is 19.3. The SMILES string of the molecule is Cc1sc2c(c1C)C(c1ccc(Cl)cc1)=N[C@@H](CC(=O)NC1CCC1)c1nnc(C)n1-2. The molecule has 1 amide bonds. The van der Waals surface area contributed by atoms with E-state index < -0.39 is 6.04 Å². The minimum atomic E-state index is -0.411. The molecule has 160 valence electrons. The number of nitrogens with one attached hydrogen (secondary N) is 1. The number of nitrogens with zero attached hydrogens (tertiary/aromatic N) is 4. The molecule has 0 spiro atoms. The van der Waals surface area contributed by atoms with E-state index >= 15 is 0 Å². The molecule has 2 aromatic heterocycles. The molecule has 6 nitrogen and oxygen atoms in total. The van der Waals surface area contributed by atoms with Gasteiger partial charge in [-0.15, -0.1) is 21.5 Å². The number of carbonyl (C=O) groups is 1. The molecule has 3 aromatic rings. The molecule has 1 aliphatic heterocycles. The van der Waals surface area contributed by atoms with Gasteiger partial charge in [0.2, 0.25) is 5.91 Å². The standard InChI is InChI=1S/C23H24ClN5OS/c1-12-13(2)31-23-20(12)21(15-7-9-16(24)10-8-15)26-18(22-28-27-14(3)29(22)23)11-19(30)25-17-5-4-6-17/h7-10,17-18H,4-6,11H2,1-3H3,(H,25,30)/t18-/m0/s1. The highest BCUT2D eigenvalue weighted by molar-refractivity contribution is 7.15. The van der Waals surface area contributed by atoms with Gasteiger partial charge in [-0.2, -0.15) is 0 Å². The number of carbonyl (C=O) groups excluding carboxylic acids is 1. The van der Waals surface area contributed by atoms with Crippen LogP contribution in [0.1, 0.15) is 64.9 Å². The van der Waals surface area contributed by atoms with Crippen LogP contribution >= 0.6 is 22.9 Å². The summed E-state index contributed by atoms with van der Waals surface area (Å²) in [5.41, 5.74) is 4.12. The number of aromatic nitrogens is 3. The van der Waals surface area contributed by atoms with Crippen LogP contribution in [0.4, 0.5) is 0 Å². The van der Waals surface area contributed by atoms with Gasteiger partial charge in [-0.25, -0.2) is 0 Å². The summed E-state index contributed by atoms with van der Waals surface area (Å²) >= 11 is 7.86. The molecule has 0 saturated heterocycles. The zero-order valence-electron chi connectivity index (χ0n) is 17.8.